The Morgan fingerprint density at radius 1 is 0.642 bits per heavy atom. The Labute approximate surface area is 322 Å². The average Bonchev–Trinajstić information content (AvgIpc) is 3.16. The van der Waals surface area contributed by atoms with Gasteiger partial charge >= 0.3 is 0 Å². The summed E-state index contributed by atoms with van der Waals surface area (Å²) >= 11 is 0. The standard InChI is InChI=1S/C43H81NO9/c1-3-5-7-9-11-13-15-16-17-18-19-20-22-23-25-27-29-31-36(46)35(34-52-43-41(50)40(49)39(48)38(33-45)53-43)44-42(51)37(47)32-30-28-26-24-21-14-12-10-8-6-4-2/h16-17,29,31,35-41,43,45-50H,3-15,18-28,30,32-34H2,1-2H3,(H,44,51). The van der Waals surface area contributed by atoms with Crippen molar-refractivity contribution in [3.05, 3.63) is 24.3 Å². The number of ether oxygens (including phenoxy) is 2. The van der Waals surface area contributed by atoms with Crippen LogP contribution in [0.4, 0.5) is 0 Å². The highest BCUT2D eigenvalue weighted by Crippen LogP contribution is 2.22. The first-order chi connectivity index (χ1) is 25.8. The lowest BCUT2D eigenvalue weighted by molar-refractivity contribution is -0.302. The Balaban J connectivity index is 2.47. The number of amides is 1. The van der Waals surface area contributed by atoms with E-state index in [9.17, 15) is 35.4 Å². The second-order valence-electron chi connectivity index (χ2n) is 15.3. The molecule has 7 N–H and O–H groups in total. The second-order valence-corrected chi connectivity index (χ2v) is 15.3. The van der Waals surface area contributed by atoms with Crippen LogP contribution in [0.25, 0.3) is 0 Å². The number of hydrogen-bond acceptors (Lipinski definition) is 9. The fourth-order valence-electron chi connectivity index (χ4n) is 6.74. The third-order valence-electron chi connectivity index (χ3n) is 10.4. The molecule has 0 bridgehead atoms. The zero-order valence-corrected chi connectivity index (χ0v) is 33.6. The number of unbranched alkanes of at least 4 members (excludes halogenated alkanes) is 22. The second kappa shape index (κ2) is 33.9. The van der Waals surface area contributed by atoms with E-state index >= 15 is 0 Å². The van der Waals surface area contributed by atoms with Gasteiger partial charge in [0, 0.05) is 0 Å². The van der Waals surface area contributed by atoms with Crippen LogP contribution in [0.5, 0.6) is 0 Å². The van der Waals surface area contributed by atoms with Gasteiger partial charge in [-0.1, -0.05) is 160 Å². The molecule has 0 aromatic heterocycles. The summed E-state index contributed by atoms with van der Waals surface area (Å²) in [6, 6.07) is -0.979. The predicted octanol–water partition coefficient (Wildman–Crippen LogP) is 7.30. The van der Waals surface area contributed by atoms with Gasteiger partial charge in [0.1, 0.15) is 30.5 Å². The Hall–Kier alpha value is -1.37. The molecule has 0 spiro atoms. The van der Waals surface area contributed by atoms with E-state index in [-0.39, 0.29) is 6.61 Å². The molecule has 0 aromatic rings. The lowest BCUT2D eigenvalue weighted by Gasteiger charge is -2.40. The average molecular weight is 756 g/mol. The van der Waals surface area contributed by atoms with Gasteiger partial charge in [-0.15, -0.1) is 0 Å². The van der Waals surface area contributed by atoms with Crippen molar-refractivity contribution >= 4 is 5.91 Å². The molecule has 8 unspecified atom stereocenters. The molecule has 0 aromatic carbocycles. The van der Waals surface area contributed by atoms with Gasteiger partial charge in [0.05, 0.1) is 25.4 Å². The van der Waals surface area contributed by atoms with Gasteiger partial charge in [-0.05, 0) is 44.9 Å². The van der Waals surface area contributed by atoms with Crippen LogP contribution in [0.1, 0.15) is 181 Å². The van der Waals surface area contributed by atoms with Crippen molar-refractivity contribution in [2.45, 2.75) is 230 Å². The quantitative estimate of drug-likeness (QED) is 0.0259. The maximum absolute atomic E-state index is 13.0. The van der Waals surface area contributed by atoms with E-state index in [1.165, 1.54) is 103 Å². The van der Waals surface area contributed by atoms with Crippen molar-refractivity contribution in [2.24, 2.45) is 0 Å². The Kier molecular flexibility index (Phi) is 31.8. The smallest absolute Gasteiger partial charge is 0.249 e. The van der Waals surface area contributed by atoms with E-state index in [1.807, 2.05) is 6.08 Å². The molecule has 1 rings (SSSR count). The predicted molar refractivity (Wildman–Crippen MR) is 213 cm³/mol. The van der Waals surface area contributed by atoms with Gasteiger partial charge < -0.3 is 45.4 Å². The normalized spacial score (nSPS) is 22.5. The van der Waals surface area contributed by atoms with Crippen molar-refractivity contribution in [3.8, 4) is 0 Å². The summed E-state index contributed by atoms with van der Waals surface area (Å²) in [6.45, 7) is 3.57. The summed E-state index contributed by atoms with van der Waals surface area (Å²) in [5.74, 6) is -0.621. The van der Waals surface area contributed by atoms with Crippen molar-refractivity contribution in [1.82, 2.24) is 5.32 Å². The van der Waals surface area contributed by atoms with Gasteiger partial charge in [-0.3, -0.25) is 4.79 Å². The minimum Gasteiger partial charge on any atom is -0.394 e. The van der Waals surface area contributed by atoms with Crippen LogP contribution in [-0.2, 0) is 14.3 Å². The van der Waals surface area contributed by atoms with E-state index in [0.717, 1.165) is 57.8 Å². The Morgan fingerprint density at radius 2 is 1.09 bits per heavy atom. The minimum absolute atomic E-state index is 0.307. The van der Waals surface area contributed by atoms with Crippen LogP contribution >= 0.6 is 0 Å². The third-order valence-corrected chi connectivity index (χ3v) is 10.4. The van der Waals surface area contributed by atoms with Crippen molar-refractivity contribution in [1.29, 1.82) is 0 Å². The highest BCUT2D eigenvalue weighted by Gasteiger charge is 2.44. The topological polar surface area (TPSA) is 169 Å². The lowest BCUT2D eigenvalue weighted by Crippen LogP contribution is -2.60. The van der Waals surface area contributed by atoms with Crippen molar-refractivity contribution in [2.75, 3.05) is 13.2 Å². The van der Waals surface area contributed by atoms with Gasteiger partial charge in [-0.25, -0.2) is 0 Å². The number of hydrogen-bond donors (Lipinski definition) is 7. The molecule has 53 heavy (non-hydrogen) atoms. The van der Waals surface area contributed by atoms with Crippen LogP contribution in [0.3, 0.4) is 0 Å². The summed E-state index contributed by atoms with van der Waals surface area (Å²) in [5.41, 5.74) is 0. The summed E-state index contributed by atoms with van der Waals surface area (Å²) in [6.07, 6.45) is 28.3. The Bertz CT molecular complexity index is 901. The largest absolute Gasteiger partial charge is 0.394 e. The molecule has 1 heterocycles. The fraction of sp³-hybridized carbons (Fsp3) is 0.884. The maximum atomic E-state index is 13.0. The van der Waals surface area contributed by atoms with E-state index in [2.05, 4.69) is 31.3 Å². The van der Waals surface area contributed by atoms with Gasteiger partial charge in [0.25, 0.3) is 0 Å². The fourth-order valence-corrected chi connectivity index (χ4v) is 6.74. The Morgan fingerprint density at radius 3 is 1.58 bits per heavy atom. The third kappa shape index (κ3) is 24.7. The molecule has 8 atom stereocenters. The number of rotatable bonds is 35. The van der Waals surface area contributed by atoms with Crippen LogP contribution in [0.15, 0.2) is 24.3 Å². The first-order valence-electron chi connectivity index (χ1n) is 21.7. The van der Waals surface area contributed by atoms with E-state index in [1.54, 1.807) is 6.08 Å². The molecule has 0 saturated carbocycles. The van der Waals surface area contributed by atoms with Crippen LogP contribution in [0, 0.1) is 0 Å². The maximum Gasteiger partial charge on any atom is 0.249 e. The van der Waals surface area contributed by atoms with Crippen molar-refractivity contribution in [3.63, 3.8) is 0 Å². The van der Waals surface area contributed by atoms with E-state index in [0.29, 0.717) is 6.42 Å². The van der Waals surface area contributed by atoms with Gasteiger partial charge in [0.15, 0.2) is 6.29 Å². The molecule has 0 aliphatic carbocycles. The van der Waals surface area contributed by atoms with E-state index < -0.39 is 61.5 Å². The molecule has 10 heteroatoms. The molecule has 0 radical (unpaired) electrons. The molecule has 1 aliphatic heterocycles. The number of carbonyl (C=O) groups is 1. The SMILES string of the molecule is CCCCCCCCC=CCCCCCCCC=CC(O)C(COC1OC(CO)C(O)C(O)C1O)NC(=O)C(O)CCCCCCCCCCCCC. The van der Waals surface area contributed by atoms with E-state index in [4.69, 9.17) is 9.47 Å². The summed E-state index contributed by atoms with van der Waals surface area (Å²) < 4.78 is 11.1. The zero-order valence-electron chi connectivity index (χ0n) is 33.6. The molecule has 10 nitrogen and oxygen atoms in total. The number of carbonyl (C=O) groups excluding carboxylic acids is 1. The van der Waals surface area contributed by atoms with Gasteiger partial charge in [-0.2, -0.15) is 0 Å². The summed E-state index contributed by atoms with van der Waals surface area (Å²) in [5, 5.41) is 64.5. The van der Waals surface area contributed by atoms with Gasteiger partial charge in [0.2, 0.25) is 5.91 Å². The number of nitrogens with one attached hydrogen (secondary N) is 1. The van der Waals surface area contributed by atoms with Crippen LogP contribution in [0.2, 0.25) is 0 Å². The number of aliphatic hydroxyl groups is 6. The highest BCUT2D eigenvalue weighted by molar-refractivity contribution is 5.80. The molecule has 1 fully saturated rings. The molecule has 1 aliphatic rings. The molecule has 312 valence electrons. The summed E-state index contributed by atoms with van der Waals surface area (Å²) in [7, 11) is 0. The summed E-state index contributed by atoms with van der Waals surface area (Å²) in [4.78, 5) is 13.0. The molecule has 1 amide bonds. The van der Waals surface area contributed by atoms with Crippen molar-refractivity contribution < 1.29 is 44.9 Å². The molecule has 1 saturated heterocycles. The van der Waals surface area contributed by atoms with Crippen LogP contribution < -0.4 is 5.32 Å². The zero-order chi connectivity index (χ0) is 38.9. The highest BCUT2D eigenvalue weighted by atomic mass is 16.7. The first kappa shape index (κ1) is 49.6. The first-order valence-corrected chi connectivity index (χ1v) is 21.7. The lowest BCUT2D eigenvalue weighted by atomic mass is 9.99. The monoisotopic (exact) mass is 756 g/mol. The number of aliphatic hydroxyl groups excluding tert-OH is 6. The number of allylic oxidation sites excluding steroid dienone is 3. The minimum atomic E-state index is -1.61. The molecular formula is C43H81NO9. The van der Waals surface area contributed by atoms with Crippen LogP contribution in [-0.4, -0.2) is 98.7 Å². The molecular weight excluding hydrogens is 674 g/mol.